The number of aliphatic hydroxyl groups is 1. The van der Waals surface area contributed by atoms with Gasteiger partial charge in [0.05, 0.1) is 12.7 Å². The van der Waals surface area contributed by atoms with E-state index in [1.54, 1.807) is 0 Å². The van der Waals surface area contributed by atoms with Crippen molar-refractivity contribution < 1.29 is 9.53 Å². The van der Waals surface area contributed by atoms with Crippen molar-refractivity contribution in [1.29, 1.82) is 0 Å². The maximum Gasteiger partial charge on any atom is 0.192 e. The summed E-state index contributed by atoms with van der Waals surface area (Å²) in [4.78, 5) is 3.49. The van der Waals surface area contributed by atoms with Gasteiger partial charge in [-0.25, -0.2) is 0 Å². The number of hydrogen-bond donors (Lipinski definition) is 2. The summed E-state index contributed by atoms with van der Waals surface area (Å²) in [6, 6.07) is 18.6. The molecular weight excluding hydrogens is 362 g/mol. The van der Waals surface area contributed by atoms with Gasteiger partial charge in [-0.3, -0.25) is 0 Å². The summed E-state index contributed by atoms with van der Waals surface area (Å²) < 4.78 is 6.39. The lowest BCUT2D eigenvalue weighted by atomic mass is 9.85. The quantitative estimate of drug-likeness (QED) is 0.503. The Morgan fingerprint density at radius 2 is 1.61 bits per heavy atom. The summed E-state index contributed by atoms with van der Waals surface area (Å²) in [6.45, 7) is 13.6. The van der Waals surface area contributed by atoms with Crippen LogP contribution in [0.4, 0.5) is 0 Å². The number of benzene rings is 2. The Morgan fingerprint density at radius 3 is 2.25 bits per heavy atom. The lowest BCUT2D eigenvalue weighted by molar-refractivity contribution is 0.0871. The zero-order valence-corrected chi connectivity index (χ0v) is 18.9. The molecule has 3 aromatic rings. The normalized spacial score (nSPS) is 15.0. The topological polar surface area (TPSA) is 45.2 Å². The monoisotopic (exact) mass is 395 g/mol. The number of para-hydroxylation sites is 1. The van der Waals surface area contributed by atoms with Gasteiger partial charge in [0, 0.05) is 22.5 Å². The highest BCUT2D eigenvalue weighted by Crippen LogP contribution is 2.39. The van der Waals surface area contributed by atoms with Gasteiger partial charge in [0.1, 0.15) is 0 Å². The van der Waals surface area contributed by atoms with E-state index in [1.807, 2.05) is 24.3 Å². The highest BCUT2D eigenvalue weighted by atomic mass is 28.4. The van der Waals surface area contributed by atoms with E-state index < -0.39 is 14.4 Å². The van der Waals surface area contributed by atoms with Crippen LogP contribution in [0.3, 0.4) is 0 Å². The summed E-state index contributed by atoms with van der Waals surface area (Å²) in [5.74, 6) is -0.137. The van der Waals surface area contributed by atoms with Crippen LogP contribution in [0.1, 0.15) is 43.5 Å². The standard InChI is InChI=1S/C24H33NO2Si/c1-17-22(19-14-10-11-15-20(19)25-17)23(18-12-8-7-9-13-18)21(26)16-27-28(5,6)24(2,3)4/h7-15,21,23,25-26H,16H2,1-6H3/t21-,23+/m0/s1. The predicted octanol–water partition coefficient (Wildman–Crippen LogP) is 5.99. The van der Waals surface area contributed by atoms with Crippen molar-refractivity contribution in [1.82, 2.24) is 4.98 Å². The molecule has 1 heterocycles. The van der Waals surface area contributed by atoms with Gasteiger partial charge in [-0.1, -0.05) is 69.3 Å². The number of aromatic amines is 1. The van der Waals surface area contributed by atoms with Crippen molar-refractivity contribution in [2.24, 2.45) is 0 Å². The number of nitrogens with one attached hydrogen (secondary N) is 1. The van der Waals surface area contributed by atoms with Crippen LogP contribution in [0, 0.1) is 6.92 Å². The van der Waals surface area contributed by atoms with Crippen LogP contribution in [0.15, 0.2) is 54.6 Å². The van der Waals surface area contributed by atoms with Crippen LogP contribution >= 0.6 is 0 Å². The van der Waals surface area contributed by atoms with E-state index in [9.17, 15) is 5.11 Å². The Bertz CT molecular complexity index is 925. The molecule has 3 nitrogen and oxygen atoms in total. The first-order valence-corrected chi connectivity index (χ1v) is 13.0. The van der Waals surface area contributed by atoms with E-state index in [2.05, 4.69) is 76.1 Å². The molecule has 2 aromatic carbocycles. The fraction of sp³-hybridized carbons (Fsp3) is 0.417. The zero-order valence-electron chi connectivity index (χ0n) is 17.9. The highest BCUT2D eigenvalue weighted by molar-refractivity contribution is 6.74. The first kappa shape index (κ1) is 20.8. The van der Waals surface area contributed by atoms with Crippen LogP contribution in [-0.4, -0.2) is 31.1 Å². The van der Waals surface area contributed by atoms with E-state index in [0.29, 0.717) is 6.61 Å². The average molecular weight is 396 g/mol. The second kappa shape index (κ2) is 7.86. The maximum absolute atomic E-state index is 11.3. The number of aromatic nitrogens is 1. The van der Waals surface area contributed by atoms with Crippen LogP contribution in [0.2, 0.25) is 18.1 Å². The van der Waals surface area contributed by atoms with Gasteiger partial charge in [0.2, 0.25) is 0 Å². The highest BCUT2D eigenvalue weighted by Gasteiger charge is 2.38. The van der Waals surface area contributed by atoms with Gasteiger partial charge in [-0.15, -0.1) is 0 Å². The summed E-state index contributed by atoms with van der Waals surface area (Å²) in [5.41, 5.74) is 4.48. The Balaban J connectivity index is 2.00. The molecule has 0 spiro atoms. The number of hydrogen-bond acceptors (Lipinski definition) is 2. The van der Waals surface area contributed by atoms with Gasteiger partial charge in [-0.05, 0) is 42.2 Å². The molecule has 0 bridgehead atoms. The molecule has 1 aromatic heterocycles. The van der Waals surface area contributed by atoms with Gasteiger partial charge in [-0.2, -0.15) is 0 Å². The summed E-state index contributed by atoms with van der Waals surface area (Å²) >= 11 is 0. The molecule has 0 unspecified atom stereocenters. The first-order valence-electron chi connectivity index (χ1n) is 10.1. The SMILES string of the molecule is Cc1[nH]c2ccccc2c1[C@H](c1ccccc1)[C@@H](O)CO[Si](C)(C)C(C)(C)C. The molecule has 150 valence electrons. The molecule has 2 atom stereocenters. The Hall–Kier alpha value is -1.88. The largest absolute Gasteiger partial charge is 0.414 e. The van der Waals surface area contributed by atoms with Gasteiger partial charge in [0.25, 0.3) is 0 Å². The van der Waals surface area contributed by atoms with E-state index >= 15 is 0 Å². The van der Waals surface area contributed by atoms with E-state index in [4.69, 9.17) is 4.43 Å². The lowest BCUT2D eigenvalue weighted by Gasteiger charge is -2.37. The van der Waals surface area contributed by atoms with Crippen LogP contribution in [0.25, 0.3) is 10.9 Å². The van der Waals surface area contributed by atoms with Crippen LogP contribution in [0.5, 0.6) is 0 Å². The minimum absolute atomic E-state index is 0.117. The molecule has 0 saturated carbocycles. The predicted molar refractivity (Wildman–Crippen MR) is 120 cm³/mol. The maximum atomic E-state index is 11.3. The van der Waals surface area contributed by atoms with Crippen molar-refractivity contribution >= 4 is 19.2 Å². The van der Waals surface area contributed by atoms with Crippen molar-refractivity contribution in [3.05, 3.63) is 71.4 Å². The second-order valence-corrected chi connectivity index (χ2v) is 14.0. The fourth-order valence-electron chi connectivity index (χ4n) is 3.55. The minimum atomic E-state index is -1.93. The van der Waals surface area contributed by atoms with Crippen LogP contribution < -0.4 is 0 Å². The fourth-order valence-corrected chi connectivity index (χ4v) is 4.57. The lowest BCUT2D eigenvalue weighted by Crippen LogP contribution is -2.43. The molecule has 0 aliphatic heterocycles. The summed E-state index contributed by atoms with van der Waals surface area (Å²) in [7, 11) is -1.93. The molecule has 0 radical (unpaired) electrons. The zero-order chi connectivity index (χ0) is 20.5. The minimum Gasteiger partial charge on any atom is -0.414 e. The van der Waals surface area contributed by atoms with E-state index in [-0.39, 0.29) is 11.0 Å². The molecule has 0 aliphatic carbocycles. The Morgan fingerprint density at radius 1 is 1.00 bits per heavy atom. The molecular formula is C24H33NO2Si. The summed E-state index contributed by atoms with van der Waals surface area (Å²) in [6.07, 6.45) is -0.616. The molecule has 0 amide bonds. The number of fused-ring (bicyclic) bond motifs is 1. The summed E-state index contributed by atoms with van der Waals surface area (Å²) in [5, 5.41) is 12.6. The number of aryl methyl sites for hydroxylation is 1. The molecule has 2 N–H and O–H groups in total. The number of aliphatic hydroxyl groups excluding tert-OH is 1. The Kier molecular flexibility index (Phi) is 5.85. The van der Waals surface area contributed by atoms with Gasteiger partial charge in [0.15, 0.2) is 8.32 Å². The van der Waals surface area contributed by atoms with Crippen molar-refractivity contribution in [3.8, 4) is 0 Å². The molecule has 3 rings (SSSR count). The van der Waals surface area contributed by atoms with Gasteiger partial charge >= 0.3 is 0 Å². The van der Waals surface area contributed by atoms with E-state index in [1.165, 1.54) is 5.39 Å². The third-order valence-electron chi connectivity index (χ3n) is 6.22. The van der Waals surface area contributed by atoms with Gasteiger partial charge < -0.3 is 14.5 Å². The average Bonchev–Trinajstić information content (AvgIpc) is 2.96. The van der Waals surface area contributed by atoms with Crippen LogP contribution in [-0.2, 0) is 4.43 Å². The van der Waals surface area contributed by atoms with Crippen molar-refractivity contribution in [3.63, 3.8) is 0 Å². The third kappa shape index (κ3) is 4.09. The smallest absolute Gasteiger partial charge is 0.192 e. The van der Waals surface area contributed by atoms with E-state index in [0.717, 1.165) is 22.3 Å². The molecule has 0 fully saturated rings. The van der Waals surface area contributed by atoms with Crippen molar-refractivity contribution in [2.45, 2.75) is 57.8 Å². The molecule has 28 heavy (non-hydrogen) atoms. The number of H-pyrrole nitrogens is 1. The number of rotatable bonds is 6. The van der Waals surface area contributed by atoms with Crippen molar-refractivity contribution in [2.75, 3.05) is 6.61 Å². The second-order valence-electron chi connectivity index (χ2n) is 9.24. The first-order chi connectivity index (χ1) is 13.1. The molecule has 0 saturated heterocycles. The molecule has 4 heteroatoms. The molecule has 0 aliphatic rings. The third-order valence-corrected chi connectivity index (χ3v) is 10.7. The Labute approximate surface area is 169 Å².